The Kier molecular flexibility index (Phi) is 7.01. The normalized spacial score (nSPS) is 26.7. The number of esters is 1. The van der Waals surface area contributed by atoms with Gasteiger partial charge in [0.05, 0.1) is 6.10 Å². The van der Waals surface area contributed by atoms with Crippen molar-refractivity contribution in [3.8, 4) is 0 Å². The van der Waals surface area contributed by atoms with Gasteiger partial charge >= 0.3 is 11.9 Å². The van der Waals surface area contributed by atoms with E-state index < -0.39 is 12.1 Å². The van der Waals surface area contributed by atoms with Crippen LogP contribution in [0.5, 0.6) is 0 Å². The quantitative estimate of drug-likeness (QED) is 0.747. The molecule has 0 aromatic carbocycles. The zero-order chi connectivity index (χ0) is 15.1. The summed E-state index contributed by atoms with van der Waals surface area (Å²) in [5.41, 5.74) is 0. The molecule has 0 radical (unpaired) electrons. The number of rotatable bonds is 4. The molecule has 0 amide bonds. The molecule has 1 fully saturated rings. The summed E-state index contributed by atoms with van der Waals surface area (Å²) in [5, 5.41) is 17.7. The van der Waals surface area contributed by atoms with Crippen LogP contribution in [0, 0.1) is 0 Å². The van der Waals surface area contributed by atoms with Crippen molar-refractivity contribution in [3.05, 3.63) is 0 Å². The molecule has 6 nitrogen and oxygen atoms in total. The summed E-state index contributed by atoms with van der Waals surface area (Å²) in [6.07, 6.45) is 0.137. The van der Waals surface area contributed by atoms with Crippen LogP contribution in [0.1, 0.15) is 39.0 Å². The number of thioether (sulfide) groups is 1. The van der Waals surface area contributed by atoms with E-state index >= 15 is 0 Å². The van der Waals surface area contributed by atoms with Crippen LogP contribution in [0.4, 0.5) is 0 Å². The number of Topliss-reactive ketones (excluding diaryl/α,β-unsaturated/α-hetero) is 1. The number of carboxylic acid groups (broad SMARTS) is 1. The number of carbonyl (C=O) groups excluding carboxylic acids is 2. The van der Waals surface area contributed by atoms with Gasteiger partial charge in [0.1, 0.15) is 5.78 Å². The molecular weight excluding hydrogens is 284 g/mol. The van der Waals surface area contributed by atoms with Gasteiger partial charge in [0.25, 0.3) is 0 Å². The van der Waals surface area contributed by atoms with E-state index in [1.54, 1.807) is 6.92 Å². The Morgan fingerprint density at radius 1 is 1.40 bits per heavy atom. The van der Waals surface area contributed by atoms with Crippen LogP contribution < -0.4 is 0 Å². The highest BCUT2D eigenvalue weighted by atomic mass is 32.2. The first-order valence-corrected chi connectivity index (χ1v) is 7.67. The molecule has 0 aromatic rings. The molecule has 1 rings (SSSR count). The van der Waals surface area contributed by atoms with Crippen LogP contribution in [0.15, 0.2) is 0 Å². The minimum absolute atomic E-state index is 0.0126. The van der Waals surface area contributed by atoms with E-state index in [9.17, 15) is 19.5 Å². The van der Waals surface area contributed by atoms with E-state index in [0.29, 0.717) is 25.7 Å². The van der Waals surface area contributed by atoms with Crippen molar-refractivity contribution in [2.24, 2.45) is 0 Å². The maximum atomic E-state index is 11.8. The molecule has 0 spiro atoms. The predicted octanol–water partition coefficient (Wildman–Crippen LogP) is 0.999. The molecule has 0 aliphatic carbocycles. The first-order chi connectivity index (χ1) is 9.38. The third kappa shape index (κ3) is 6.38. The smallest absolute Gasteiger partial charge is 0.333 e. The fourth-order valence-electron chi connectivity index (χ4n) is 1.88. The van der Waals surface area contributed by atoms with Crippen molar-refractivity contribution < 1.29 is 29.3 Å². The minimum atomic E-state index is -1.45. The highest BCUT2D eigenvalue weighted by Crippen LogP contribution is 2.24. The molecule has 0 unspecified atom stereocenters. The van der Waals surface area contributed by atoms with E-state index in [-0.39, 0.29) is 35.3 Å². The molecule has 1 aliphatic rings. The SMILES string of the molecule is C[C@@H]1CCC(=O)C[C@H](SC[C@H](O)C(=O)O)CCC(=O)O1. The lowest BCUT2D eigenvalue weighted by Gasteiger charge is -2.20. The van der Waals surface area contributed by atoms with Gasteiger partial charge in [0.2, 0.25) is 0 Å². The van der Waals surface area contributed by atoms with Gasteiger partial charge in [-0.1, -0.05) is 0 Å². The van der Waals surface area contributed by atoms with Crippen molar-refractivity contribution in [1.29, 1.82) is 0 Å². The lowest BCUT2D eigenvalue weighted by Crippen LogP contribution is -2.25. The first-order valence-electron chi connectivity index (χ1n) is 6.62. The second-order valence-corrected chi connectivity index (χ2v) is 6.26. The second kappa shape index (κ2) is 8.26. The summed E-state index contributed by atoms with van der Waals surface area (Å²) in [5.74, 6) is -1.48. The molecule has 2 N–H and O–H groups in total. The Morgan fingerprint density at radius 3 is 2.75 bits per heavy atom. The maximum Gasteiger partial charge on any atom is 0.333 e. The van der Waals surface area contributed by atoms with Crippen molar-refractivity contribution in [2.45, 2.75) is 56.5 Å². The number of cyclic esters (lactones) is 1. The molecule has 3 atom stereocenters. The Bertz CT molecular complexity index is 370. The fraction of sp³-hybridized carbons (Fsp3) is 0.769. The highest BCUT2D eigenvalue weighted by Gasteiger charge is 2.23. The molecule has 114 valence electrons. The van der Waals surface area contributed by atoms with Crippen molar-refractivity contribution in [3.63, 3.8) is 0 Å². The number of aliphatic hydroxyl groups excluding tert-OH is 1. The number of carbonyl (C=O) groups is 3. The Labute approximate surface area is 121 Å². The summed E-state index contributed by atoms with van der Waals surface area (Å²) >= 11 is 1.22. The van der Waals surface area contributed by atoms with Crippen molar-refractivity contribution in [2.75, 3.05) is 5.75 Å². The van der Waals surface area contributed by atoms with Gasteiger partial charge in [-0.15, -0.1) is 0 Å². The van der Waals surface area contributed by atoms with Gasteiger partial charge in [0.15, 0.2) is 6.10 Å². The Balaban J connectivity index is 2.53. The standard InChI is InChI=1S/C13H20O6S/c1-8-2-3-9(14)6-10(4-5-12(16)19-8)20-7-11(15)13(17)18/h8,10-11,15H,2-7H2,1H3,(H,17,18)/t8-,10-,11+/m1/s1. The number of aliphatic hydroxyl groups is 1. The zero-order valence-corrected chi connectivity index (χ0v) is 12.2. The number of ketones is 1. The van der Waals surface area contributed by atoms with Gasteiger partial charge in [-0.2, -0.15) is 11.8 Å². The number of hydrogen-bond donors (Lipinski definition) is 2. The first kappa shape index (κ1) is 17.0. The van der Waals surface area contributed by atoms with E-state index in [1.807, 2.05) is 0 Å². The Morgan fingerprint density at radius 2 is 2.10 bits per heavy atom. The van der Waals surface area contributed by atoms with Crippen molar-refractivity contribution in [1.82, 2.24) is 0 Å². The summed E-state index contributed by atoms with van der Waals surface area (Å²) in [4.78, 5) is 33.9. The van der Waals surface area contributed by atoms with Gasteiger partial charge in [-0.05, 0) is 19.8 Å². The Hall–Kier alpha value is -1.08. The second-order valence-electron chi connectivity index (χ2n) is 4.93. The summed E-state index contributed by atoms with van der Waals surface area (Å²) in [6, 6.07) is 0. The summed E-state index contributed by atoms with van der Waals surface area (Å²) in [6.45, 7) is 1.77. The topological polar surface area (TPSA) is 101 Å². The number of ether oxygens (including phenoxy) is 1. The van der Waals surface area contributed by atoms with Gasteiger partial charge in [-0.25, -0.2) is 4.79 Å². The average Bonchev–Trinajstić information content (AvgIpc) is 2.38. The summed E-state index contributed by atoms with van der Waals surface area (Å²) < 4.78 is 5.14. The molecule has 0 bridgehead atoms. The molecule has 20 heavy (non-hydrogen) atoms. The van der Waals surface area contributed by atoms with Crippen molar-refractivity contribution >= 4 is 29.5 Å². The third-order valence-corrected chi connectivity index (χ3v) is 4.44. The largest absolute Gasteiger partial charge is 0.479 e. The molecule has 1 saturated heterocycles. The van der Waals surface area contributed by atoms with Crippen LogP contribution in [0.25, 0.3) is 0 Å². The molecule has 7 heteroatoms. The van der Waals surface area contributed by atoms with Gasteiger partial charge in [0, 0.05) is 30.3 Å². The predicted molar refractivity (Wildman–Crippen MR) is 73.5 cm³/mol. The zero-order valence-electron chi connectivity index (χ0n) is 11.4. The lowest BCUT2D eigenvalue weighted by molar-refractivity contribution is -0.149. The number of carboxylic acids is 1. The number of hydrogen-bond acceptors (Lipinski definition) is 6. The van der Waals surface area contributed by atoms with Crippen LogP contribution >= 0.6 is 11.8 Å². The third-order valence-electron chi connectivity index (χ3n) is 3.06. The van der Waals surface area contributed by atoms with E-state index in [1.165, 1.54) is 11.8 Å². The van der Waals surface area contributed by atoms with Crippen LogP contribution in [-0.4, -0.2) is 51.1 Å². The molecule has 1 aliphatic heterocycles. The minimum Gasteiger partial charge on any atom is -0.479 e. The van der Waals surface area contributed by atoms with Gasteiger partial charge < -0.3 is 14.9 Å². The average molecular weight is 304 g/mol. The van der Waals surface area contributed by atoms with E-state index in [2.05, 4.69) is 0 Å². The molecule has 1 heterocycles. The molecule has 0 aromatic heterocycles. The number of aliphatic carboxylic acids is 1. The molecule has 0 saturated carbocycles. The van der Waals surface area contributed by atoms with E-state index in [0.717, 1.165) is 0 Å². The van der Waals surface area contributed by atoms with E-state index in [4.69, 9.17) is 9.84 Å². The van der Waals surface area contributed by atoms with Gasteiger partial charge in [-0.3, -0.25) is 9.59 Å². The maximum absolute atomic E-state index is 11.8. The van der Waals surface area contributed by atoms with Crippen LogP contribution in [0.3, 0.4) is 0 Å². The fourth-order valence-corrected chi connectivity index (χ4v) is 3.07. The molecular formula is C13H20O6S. The van der Waals surface area contributed by atoms with Crippen LogP contribution in [-0.2, 0) is 19.1 Å². The summed E-state index contributed by atoms with van der Waals surface area (Å²) in [7, 11) is 0. The lowest BCUT2D eigenvalue weighted by atomic mass is 10.0. The van der Waals surface area contributed by atoms with Crippen LogP contribution in [0.2, 0.25) is 0 Å². The monoisotopic (exact) mass is 304 g/mol. The highest BCUT2D eigenvalue weighted by molar-refractivity contribution is 8.00.